The third kappa shape index (κ3) is 6.21. The van der Waals surface area contributed by atoms with Gasteiger partial charge >= 0.3 is 8.56 Å². The molecular formula is C9H23NO2Si. The first-order valence-electron chi connectivity index (χ1n) is 4.99. The van der Waals surface area contributed by atoms with Gasteiger partial charge in [0, 0.05) is 14.2 Å². The fraction of sp³-hybridized carbons (Fsp3) is 1.00. The molecule has 0 aromatic rings. The van der Waals surface area contributed by atoms with Crippen molar-refractivity contribution in [2.45, 2.75) is 32.4 Å². The molecule has 0 aliphatic heterocycles. The monoisotopic (exact) mass is 205 g/mol. The molecule has 0 amide bonds. The molecule has 0 unspecified atom stereocenters. The standard InChI is InChI=1S/C9H23NO2Si/c1-5-7-10-8-6-9-13(4,11-2)12-3/h10H,5-9H2,1-4H3. The topological polar surface area (TPSA) is 30.5 Å². The lowest BCUT2D eigenvalue weighted by Crippen LogP contribution is -2.36. The van der Waals surface area contributed by atoms with Crippen LogP contribution in [0.25, 0.3) is 0 Å². The van der Waals surface area contributed by atoms with Gasteiger partial charge in [-0.05, 0) is 38.5 Å². The van der Waals surface area contributed by atoms with Crippen molar-refractivity contribution in [2.75, 3.05) is 27.3 Å². The van der Waals surface area contributed by atoms with E-state index in [-0.39, 0.29) is 0 Å². The lowest BCUT2D eigenvalue weighted by Gasteiger charge is -2.22. The average molecular weight is 205 g/mol. The molecule has 0 aliphatic rings. The summed E-state index contributed by atoms with van der Waals surface area (Å²) < 4.78 is 10.8. The van der Waals surface area contributed by atoms with Crippen molar-refractivity contribution in [3.8, 4) is 0 Å². The van der Waals surface area contributed by atoms with E-state index in [0.717, 1.165) is 25.6 Å². The maximum atomic E-state index is 5.38. The largest absolute Gasteiger partial charge is 0.398 e. The van der Waals surface area contributed by atoms with E-state index in [4.69, 9.17) is 8.85 Å². The SMILES string of the molecule is CCCNCCC[Si](C)(OC)OC. The molecule has 0 radical (unpaired) electrons. The molecule has 0 saturated carbocycles. The highest BCUT2D eigenvalue weighted by atomic mass is 28.4. The van der Waals surface area contributed by atoms with Crippen molar-refractivity contribution in [1.29, 1.82) is 0 Å². The molecular weight excluding hydrogens is 182 g/mol. The van der Waals surface area contributed by atoms with E-state index in [0.29, 0.717) is 0 Å². The van der Waals surface area contributed by atoms with Crippen molar-refractivity contribution in [3.05, 3.63) is 0 Å². The number of hydrogen-bond acceptors (Lipinski definition) is 3. The lowest BCUT2D eigenvalue weighted by atomic mass is 10.4. The summed E-state index contributed by atoms with van der Waals surface area (Å²) in [6.07, 6.45) is 2.34. The maximum absolute atomic E-state index is 5.38. The summed E-state index contributed by atoms with van der Waals surface area (Å²) in [7, 11) is 1.69. The number of rotatable bonds is 8. The highest BCUT2D eigenvalue weighted by Gasteiger charge is 2.27. The van der Waals surface area contributed by atoms with E-state index in [1.807, 2.05) is 0 Å². The van der Waals surface area contributed by atoms with Gasteiger partial charge in [0.05, 0.1) is 0 Å². The van der Waals surface area contributed by atoms with Crippen molar-refractivity contribution < 1.29 is 8.85 Å². The molecule has 0 fully saturated rings. The van der Waals surface area contributed by atoms with Crippen LogP contribution in [0.5, 0.6) is 0 Å². The zero-order valence-corrected chi connectivity index (χ0v) is 10.4. The first kappa shape index (κ1) is 13.1. The fourth-order valence-corrected chi connectivity index (χ4v) is 2.52. The summed E-state index contributed by atoms with van der Waals surface area (Å²) in [4.78, 5) is 0. The summed E-state index contributed by atoms with van der Waals surface area (Å²) in [5.41, 5.74) is 0. The van der Waals surface area contributed by atoms with Gasteiger partial charge in [0.25, 0.3) is 0 Å². The van der Waals surface area contributed by atoms with Gasteiger partial charge in [0.15, 0.2) is 0 Å². The van der Waals surface area contributed by atoms with Crippen molar-refractivity contribution >= 4 is 8.56 Å². The van der Waals surface area contributed by atoms with Gasteiger partial charge < -0.3 is 14.2 Å². The Balaban J connectivity index is 3.39. The maximum Gasteiger partial charge on any atom is 0.334 e. The van der Waals surface area contributed by atoms with Crippen molar-refractivity contribution in [1.82, 2.24) is 5.32 Å². The predicted molar refractivity (Wildman–Crippen MR) is 58.2 cm³/mol. The minimum absolute atomic E-state index is 1.07. The second-order valence-electron chi connectivity index (χ2n) is 3.40. The highest BCUT2D eigenvalue weighted by Crippen LogP contribution is 2.12. The molecule has 0 bridgehead atoms. The molecule has 0 heterocycles. The molecule has 4 heteroatoms. The fourth-order valence-electron chi connectivity index (χ4n) is 1.12. The van der Waals surface area contributed by atoms with Crippen LogP contribution in [0.2, 0.25) is 12.6 Å². The molecule has 3 nitrogen and oxygen atoms in total. The van der Waals surface area contributed by atoms with Gasteiger partial charge in [-0.2, -0.15) is 0 Å². The molecule has 0 spiro atoms. The molecule has 0 atom stereocenters. The summed E-state index contributed by atoms with van der Waals surface area (Å²) >= 11 is 0. The molecule has 0 aromatic carbocycles. The lowest BCUT2D eigenvalue weighted by molar-refractivity contribution is 0.248. The van der Waals surface area contributed by atoms with Gasteiger partial charge in [0.2, 0.25) is 0 Å². The van der Waals surface area contributed by atoms with Crippen molar-refractivity contribution in [2.24, 2.45) is 0 Å². The predicted octanol–water partition coefficient (Wildman–Crippen LogP) is 1.74. The molecule has 0 aromatic heterocycles. The summed E-state index contributed by atoms with van der Waals surface area (Å²) in [5.74, 6) is 0. The zero-order valence-electron chi connectivity index (χ0n) is 9.35. The highest BCUT2D eigenvalue weighted by molar-refractivity contribution is 6.65. The number of nitrogens with one attached hydrogen (secondary N) is 1. The second-order valence-corrected chi connectivity index (χ2v) is 6.98. The first-order chi connectivity index (χ1) is 6.18. The van der Waals surface area contributed by atoms with E-state index in [1.165, 1.54) is 6.42 Å². The summed E-state index contributed by atoms with van der Waals surface area (Å²) in [6, 6.07) is 1.07. The molecule has 13 heavy (non-hydrogen) atoms. The Labute approximate surface area is 83.1 Å². The van der Waals surface area contributed by atoms with Gasteiger partial charge in [-0.3, -0.25) is 0 Å². The zero-order chi connectivity index (χ0) is 10.2. The van der Waals surface area contributed by atoms with Crippen LogP contribution in [0, 0.1) is 0 Å². The van der Waals surface area contributed by atoms with E-state index in [9.17, 15) is 0 Å². The Morgan fingerprint density at radius 1 is 1.15 bits per heavy atom. The smallest absolute Gasteiger partial charge is 0.334 e. The Morgan fingerprint density at radius 3 is 2.23 bits per heavy atom. The Bertz CT molecular complexity index is 118. The Hall–Kier alpha value is 0.0969. The third-order valence-electron chi connectivity index (χ3n) is 2.27. The van der Waals surface area contributed by atoms with Gasteiger partial charge in [-0.25, -0.2) is 0 Å². The van der Waals surface area contributed by atoms with Gasteiger partial charge in [-0.15, -0.1) is 0 Å². The van der Waals surface area contributed by atoms with E-state index in [1.54, 1.807) is 14.2 Å². The van der Waals surface area contributed by atoms with Crippen LogP contribution in [0.3, 0.4) is 0 Å². The van der Waals surface area contributed by atoms with Crippen LogP contribution in [-0.4, -0.2) is 35.9 Å². The minimum Gasteiger partial charge on any atom is -0.398 e. The van der Waals surface area contributed by atoms with E-state index < -0.39 is 8.56 Å². The van der Waals surface area contributed by atoms with E-state index in [2.05, 4.69) is 18.8 Å². The molecule has 80 valence electrons. The quantitative estimate of drug-likeness (QED) is 0.484. The van der Waals surface area contributed by atoms with Crippen LogP contribution < -0.4 is 5.32 Å². The average Bonchev–Trinajstić information content (AvgIpc) is 2.17. The van der Waals surface area contributed by atoms with E-state index >= 15 is 0 Å². The first-order valence-corrected chi connectivity index (χ1v) is 7.52. The molecule has 0 aliphatic carbocycles. The van der Waals surface area contributed by atoms with Crippen LogP contribution in [0.15, 0.2) is 0 Å². The van der Waals surface area contributed by atoms with Crippen LogP contribution in [0.4, 0.5) is 0 Å². The van der Waals surface area contributed by atoms with Crippen LogP contribution in [-0.2, 0) is 8.85 Å². The Morgan fingerprint density at radius 2 is 1.77 bits per heavy atom. The third-order valence-corrected chi connectivity index (χ3v) is 5.26. The summed E-state index contributed by atoms with van der Waals surface area (Å²) in [6.45, 7) is 6.46. The normalized spacial score (nSPS) is 12.0. The number of hydrogen-bond donors (Lipinski definition) is 1. The molecule has 1 N–H and O–H groups in total. The van der Waals surface area contributed by atoms with Crippen LogP contribution in [0.1, 0.15) is 19.8 Å². The van der Waals surface area contributed by atoms with Gasteiger partial charge in [0.1, 0.15) is 0 Å². The van der Waals surface area contributed by atoms with Crippen LogP contribution >= 0.6 is 0 Å². The summed E-state index contributed by atoms with van der Waals surface area (Å²) in [5, 5.41) is 3.37. The Kier molecular flexibility index (Phi) is 7.55. The van der Waals surface area contributed by atoms with Crippen molar-refractivity contribution in [3.63, 3.8) is 0 Å². The molecule has 0 saturated heterocycles. The minimum atomic E-state index is -1.80. The van der Waals surface area contributed by atoms with Gasteiger partial charge in [-0.1, -0.05) is 6.92 Å². The second kappa shape index (κ2) is 7.50. The molecule has 0 rings (SSSR count).